The number of allylic oxidation sites excluding steroid dienone is 2. The smallest absolute Gasteiger partial charge is 0.0708 e. The van der Waals surface area contributed by atoms with Crippen LogP contribution in [0.1, 0.15) is 0 Å². The van der Waals surface area contributed by atoms with Gasteiger partial charge in [-0.3, -0.25) is 4.98 Å². The summed E-state index contributed by atoms with van der Waals surface area (Å²) in [6.07, 6.45) is 13.3. The lowest BCUT2D eigenvalue weighted by Crippen LogP contribution is -2.44. The quantitative estimate of drug-likeness (QED) is 0.141. The summed E-state index contributed by atoms with van der Waals surface area (Å²) in [5.41, 5.74) is 12.2. The van der Waals surface area contributed by atoms with Crippen LogP contribution >= 0.6 is 0 Å². The van der Waals surface area contributed by atoms with E-state index in [1.54, 1.807) is 0 Å². The van der Waals surface area contributed by atoms with Crippen molar-refractivity contribution in [3.63, 3.8) is 0 Å². The van der Waals surface area contributed by atoms with Gasteiger partial charge in [-0.2, -0.15) is 0 Å². The Morgan fingerprint density at radius 3 is 1.61 bits per heavy atom. The van der Waals surface area contributed by atoms with Crippen LogP contribution < -0.4 is 15.8 Å². The van der Waals surface area contributed by atoms with Gasteiger partial charge in [-0.05, 0) is 127 Å². The highest BCUT2D eigenvalue weighted by Gasteiger charge is 2.24. The fourth-order valence-electron chi connectivity index (χ4n) is 11.4. The first-order chi connectivity index (χ1) is 32.8. The van der Waals surface area contributed by atoms with Crippen molar-refractivity contribution in [2.45, 2.75) is 6.04 Å². The first kappa shape index (κ1) is 36.8. The second-order valence-electron chi connectivity index (χ2n) is 17.8. The number of rotatable bonds is 4. The van der Waals surface area contributed by atoms with Gasteiger partial charge in [0.25, 0.3) is 0 Å². The summed E-state index contributed by atoms with van der Waals surface area (Å²) in [6.45, 7) is 0. The molecule has 2 aliphatic rings. The SMILES string of the molecule is C1=CC2=c3c(-c4cccc5ccccc45)c4ccccc4c(-c4ccc5cc(-c6c7ccccc7c(-c7cccc8ccccc78)c7c6cnc6ccccc67)ccc5c4)c3=CNC2C=C1. The van der Waals surface area contributed by atoms with Crippen molar-refractivity contribution in [2.75, 3.05) is 0 Å². The molecule has 0 amide bonds. The molecule has 0 fully saturated rings. The maximum Gasteiger partial charge on any atom is 0.0708 e. The summed E-state index contributed by atoms with van der Waals surface area (Å²) < 4.78 is 0. The predicted molar refractivity (Wildman–Crippen MR) is 281 cm³/mol. The number of pyridine rings is 1. The number of hydrogen-bond acceptors (Lipinski definition) is 2. The first-order valence-electron chi connectivity index (χ1n) is 22.9. The van der Waals surface area contributed by atoms with Crippen molar-refractivity contribution in [3.8, 4) is 44.5 Å². The number of para-hydroxylation sites is 1. The summed E-state index contributed by atoms with van der Waals surface area (Å²) in [5, 5.41) is 22.2. The minimum atomic E-state index is 0.0988. The van der Waals surface area contributed by atoms with Crippen molar-refractivity contribution in [2.24, 2.45) is 0 Å². The van der Waals surface area contributed by atoms with E-state index in [4.69, 9.17) is 4.98 Å². The van der Waals surface area contributed by atoms with Crippen molar-refractivity contribution >= 4 is 87.3 Å². The van der Waals surface area contributed by atoms with E-state index in [0.29, 0.717) is 0 Å². The fraction of sp³-hybridized carbons (Fsp3) is 0.0156. The zero-order valence-electron chi connectivity index (χ0n) is 36.0. The van der Waals surface area contributed by atoms with E-state index in [2.05, 4.69) is 236 Å². The molecule has 2 nitrogen and oxygen atoms in total. The summed E-state index contributed by atoms with van der Waals surface area (Å²) in [7, 11) is 0. The average molecular weight is 837 g/mol. The van der Waals surface area contributed by atoms with Gasteiger partial charge in [0.1, 0.15) is 0 Å². The Labute approximate surface area is 381 Å². The van der Waals surface area contributed by atoms with E-state index in [-0.39, 0.29) is 6.04 Å². The van der Waals surface area contributed by atoms with Crippen LogP contribution in [0.5, 0.6) is 0 Å². The van der Waals surface area contributed by atoms with E-state index in [0.717, 1.165) is 16.3 Å². The molecule has 306 valence electrons. The molecule has 0 saturated carbocycles. The molecule has 0 radical (unpaired) electrons. The third-order valence-electron chi connectivity index (χ3n) is 14.3. The standard InChI is InChI=1S/C64H40N2/c1-3-19-45-39(15-1)17-13-27-47(45)61-51-23-7-5-21-49(51)59(55-37-65-57-29-11-9-25-53(57)63(55)61)43-33-31-42-36-44(34-32-41(42)35-43)60-50-22-6-8-24-52(50)62(48-28-14-18-40-16-2-4-20-46(40)48)64-54-26-10-12-30-58(54)66-38-56(60)64/h1-38,57,65H. The van der Waals surface area contributed by atoms with Crippen molar-refractivity contribution < 1.29 is 0 Å². The molecule has 1 N–H and O–H groups in total. The van der Waals surface area contributed by atoms with Crippen LogP contribution in [0.3, 0.4) is 0 Å². The van der Waals surface area contributed by atoms with E-state index in [1.165, 1.54) is 120 Å². The molecular formula is C64H40N2. The largest absolute Gasteiger partial charge is 0.380 e. The van der Waals surface area contributed by atoms with Gasteiger partial charge in [0, 0.05) is 33.8 Å². The molecule has 11 aromatic carbocycles. The molecule has 1 aliphatic carbocycles. The number of fused-ring (bicyclic) bond motifs is 10. The molecule has 0 spiro atoms. The number of nitrogens with zero attached hydrogens (tertiary/aromatic N) is 1. The Morgan fingerprint density at radius 1 is 0.394 bits per heavy atom. The summed E-state index contributed by atoms with van der Waals surface area (Å²) in [6, 6.07) is 71.7. The molecular weight excluding hydrogens is 797 g/mol. The van der Waals surface area contributed by atoms with E-state index in [1.807, 2.05) is 0 Å². The van der Waals surface area contributed by atoms with Gasteiger partial charge < -0.3 is 5.32 Å². The highest BCUT2D eigenvalue weighted by molar-refractivity contribution is 6.29. The monoisotopic (exact) mass is 836 g/mol. The van der Waals surface area contributed by atoms with Gasteiger partial charge in [0.05, 0.1) is 11.6 Å². The minimum absolute atomic E-state index is 0.0988. The highest BCUT2D eigenvalue weighted by Crippen LogP contribution is 2.48. The lowest BCUT2D eigenvalue weighted by atomic mass is 9.82. The minimum Gasteiger partial charge on any atom is -0.380 e. The first-order valence-corrected chi connectivity index (χ1v) is 22.9. The molecule has 1 aromatic heterocycles. The Kier molecular flexibility index (Phi) is 8.08. The molecule has 0 saturated heterocycles. The Bertz CT molecular complexity index is 4260. The van der Waals surface area contributed by atoms with E-state index in [9.17, 15) is 0 Å². The predicted octanol–water partition coefficient (Wildman–Crippen LogP) is 14.8. The molecule has 14 rings (SSSR count). The van der Waals surface area contributed by atoms with Crippen LogP contribution in [0, 0.1) is 0 Å². The topological polar surface area (TPSA) is 24.9 Å². The van der Waals surface area contributed by atoms with Gasteiger partial charge in [0.2, 0.25) is 0 Å². The van der Waals surface area contributed by atoms with Crippen molar-refractivity contribution in [1.29, 1.82) is 0 Å². The lowest BCUT2D eigenvalue weighted by molar-refractivity contribution is 0.879. The third-order valence-corrected chi connectivity index (χ3v) is 14.3. The lowest BCUT2D eigenvalue weighted by Gasteiger charge is -2.26. The second-order valence-corrected chi connectivity index (χ2v) is 17.8. The van der Waals surface area contributed by atoms with Gasteiger partial charge in [0.15, 0.2) is 0 Å². The maximum atomic E-state index is 5.11. The van der Waals surface area contributed by atoms with Gasteiger partial charge >= 0.3 is 0 Å². The second kappa shape index (κ2) is 14.5. The molecule has 66 heavy (non-hydrogen) atoms. The normalized spacial score (nSPS) is 14.3. The molecule has 12 aromatic rings. The average Bonchev–Trinajstić information content (AvgIpc) is 3.38. The van der Waals surface area contributed by atoms with Gasteiger partial charge in [-0.1, -0.05) is 200 Å². The van der Waals surface area contributed by atoms with Gasteiger partial charge in [-0.15, -0.1) is 0 Å². The number of benzene rings is 11. The van der Waals surface area contributed by atoms with E-state index >= 15 is 0 Å². The summed E-state index contributed by atoms with van der Waals surface area (Å²) in [4.78, 5) is 5.11. The van der Waals surface area contributed by atoms with Crippen LogP contribution in [0.4, 0.5) is 0 Å². The van der Waals surface area contributed by atoms with Crippen molar-refractivity contribution in [1.82, 2.24) is 10.3 Å². The molecule has 1 atom stereocenters. The molecule has 0 bridgehead atoms. The van der Waals surface area contributed by atoms with Crippen LogP contribution in [-0.2, 0) is 0 Å². The molecule has 1 aliphatic heterocycles. The Balaban J connectivity index is 1.01. The zero-order valence-corrected chi connectivity index (χ0v) is 36.0. The molecule has 1 unspecified atom stereocenters. The Morgan fingerprint density at radius 2 is 0.924 bits per heavy atom. The van der Waals surface area contributed by atoms with Crippen LogP contribution in [0.25, 0.3) is 132 Å². The number of hydrogen-bond donors (Lipinski definition) is 1. The Hall–Kier alpha value is -8.59. The van der Waals surface area contributed by atoms with E-state index < -0.39 is 0 Å². The van der Waals surface area contributed by atoms with Crippen LogP contribution in [0.2, 0.25) is 0 Å². The third kappa shape index (κ3) is 5.46. The zero-order chi connectivity index (χ0) is 43.3. The summed E-state index contributed by atoms with van der Waals surface area (Å²) >= 11 is 0. The number of aromatic nitrogens is 1. The van der Waals surface area contributed by atoms with Crippen LogP contribution in [-0.4, -0.2) is 11.0 Å². The summed E-state index contributed by atoms with van der Waals surface area (Å²) in [5.74, 6) is 0. The molecule has 2 heteroatoms. The maximum absolute atomic E-state index is 5.11. The van der Waals surface area contributed by atoms with Crippen LogP contribution in [0.15, 0.2) is 225 Å². The van der Waals surface area contributed by atoms with Crippen molar-refractivity contribution in [3.05, 3.63) is 235 Å². The van der Waals surface area contributed by atoms with Gasteiger partial charge in [-0.25, -0.2) is 0 Å². The molecule has 2 heterocycles. The fourth-order valence-corrected chi connectivity index (χ4v) is 11.4. The number of nitrogens with one attached hydrogen (secondary N) is 1. The highest BCUT2D eigenvalue weighted by atomic mass is 14.9.